The molecule has 0 aliphatic heterocycles. The van der Waals surface area contributed by atoms with Crippen molar-refractivity contribution in [2.45, 2.75) is 141 Å². The molecule has 0 fully saturated rings. The first-order chi connectivity index (χ1) is 21.3. The molecule has 0 saturated heterocycles. The highest BCUT2D eigenvalue weighted by molar-refractivity contribution is 5.91. The van der Waals surface area contributed by atoms with E-state index >= 15 is 0 Å². The molecule has 0 heterocycles. The average Bonchev–Trinajstić information content (AvgIpc) is 3.00. The molecular weight excluding hydrogens is 562 g/mol. The number of amides is 2. The average molecular weight is 620 g/mol. The van der Waals surface area contributed by atoms with Gasteiger partial charge in [0, 0.05) is 32.4 Å². The number of hydrogen-bond donors (Lipinski definition) is 3. The maximum absolute atomic E-state index is 11.9. The first kappa shape index (κ1) is 40.7. The molecule has 0 aliphatic carbocycles. The van der Waals surface area contributed by atoms with E-state index in [1.165, 1.54) is 12.2 Å². The van der Waals surface area contributed by atoms with Crippen LogP contribution < -0.4 is 10.6 Å². The highest BCUT2D eigenvalue weighted by Crippen LogP contribution is 2.12. The Kier molecular flexibility index (Phi) is 27.5. The first-order valence-electron chi connectivity index (χ1n) is 16.6. The lowest BCUT2D eigenvalue weighted by atomic mass is 10.1. The summed E-state index contributed by atoms with van der Waals surface area (Å²) in [5.74, 6) is -2.29. The smallest absolute Gasteiger partial charge is 0.313 e. The molecule has 0 spiro atoms. The molecule has 10 nitrogen and oxygen atoms in total. The minimum Gasteiger partial charge on any atom is -0.412 e. The van der Waals surface area contributed by atoms with Crippen molar-refractivity contribution in [1.82, 2.24) is 10.6 Å². The van der Waals surface area contributed by atoms with Crippen LogP contribution in [0.5, 0.6) is 0 Å². The molecule has 0 rings (SSSR count). The summed E-state index contributed by atoms with van der Waals surface area (Å²) in [6.45, 7) is 8.21. The summed E-state index contributed by atoms with van der Waals surface area (Å²) < 4.78 is 9.79. The number of esters is 3. The molecule has 0 aromatic rings. The van der Waals surface area contributed by atoms with Gasteiger partial charge in [0.05, 0.1) is 6.42 Å². The van der Waals surface area contributed by atoms with Crippen LogP contribution in [0.1, 0.15) is 141 Å². The van der Waals surface area contributed by atoms with Gasteiger partial charge >= 0.3 is 17.9 Å². The Hall–Kier alpha value is -3.30. The number of carbonyl (C=O) groups is 5. The third-order valence-corrected chi connectivity index (χ3v) is 7.11. The summed E-state index contributed by atoms with van der Waals surface area (Å²) in [6, 6.07) is 0. The third kappa shape index (κ3) is 28.8. The van der Waals surface area contributed by atoms with Crippen molar-refractivity contribution >= 4 is 35.6 Å². The molecule has 0 radical (unpaired) electrons. The zero-order valence-electron chi connectivity index (χ0n) is 26.9. The van der Waals surface area contributed by atoms with Gasteiger partial charge in [-0.3, -0.25) is 29.4 Å². The maximum Gasteiger partial charge on any atom is 0.313 e. The van der Waals surface area contributed by atoms with Crippen molar-refractivity contribution in [1.29, 1.82) is 5.41 Å². The van der Waals surface area contributed by atoms with E-state index in [1.54, 1.807) is 0 Å². The van der Waals surface area contributed by atoms with E-state index in [0.717, 1.165) is 103 Å². The summed E-state index contributed by atoms with van der Waals surface area (Å²) >= 11 is 0. The van der Waals surface area contributed by atoms with Crippen LogP contribution in [-0.4, -0.2) is 48.7 Å². The second-order valence-corrected chi connectivity index (χ2v) is 11.1. The fourth-order valence-electron chi connectivity index (χ4n) is 4.52. The number of rotatable bonds is 29. The summed E-state index contributed by atoms with van der Waals surface area (Å²) in [5.41, 5.74) is 0. The molecule has 0 aliphatic rings. The van der Waals surface area contributed by atoms with Crippen molar-refractivity contribution in [2.75, 3.05) is 13.1 Å². The van der Waals surface area contributed by atoms with Crippen LogP contribution in [0.25, 0.3) is 0 Å². The van der Waals surface area contributed by atoms with E-state index in [-0.39, 0.29) is 43.4 Å². The lowest BCUT2D eigenvalue weighted by Crippen LogP contribution is -2.21. The Morgan fingerprint density at radius 1 is 0.455 bits per heavy atom. The summed E-state index contributed by atoms with van der Waals surface area (Å²) in [5, 5.41) is 13.3. The van der Waals surface area contributed by atoms with E-state index in [2.05, 4.69) is 23.8 Å². The van der Waals surface area contributed by atoms with Gasteiger partial charge in [-0.2, -0.15) is 0 Å². The van der Waals surface area contributed by atoms with Crippen molar-refractivity contribution in [3.05, 3.63) is 25.3 Å². The molecule has 44 heavy (non-hydrogen) atoms. The lowest BCUT2D eigenvalue weighted by Gasteiger charge is -2.06. The van der Waals surface area contributed by atoms with Gasteiger partial charge in [-0.25, -0.2) is 0 Å². The van der Waals surface area contributed by atoms with Gasteiger partial charge in [-0.1, -0.05) is 103 Å². The number of ether oxygens (including phenoxy) is 2. The van der Waals surface area contributed by atoms with Crippen LogP contribution in [0.3, 0.4) is 0 Å². The quantitative estimate of drug-likeness (QED) is 0.0209. The zero-order chi connectivity index (χ0) is 32.7. The number of carbonyl (C=O) groups excluding carboxylic acids is 5. The maximum atomic E-state index is 11.9. The van der Waals surface area contributed by atoms with Crippen LogP contribution in [-0.2, 0) is 33.4 Å². The minimum absolute atomic E-state index is 0.0814. The summed E-state index contributed by atoms with van der Waals surface area (Å²) in [6.07, 6.45) is 21.2. The molecular formula is C34H57N3O7. The third-order valence-electron chi connectivity index (χ3n) is 7.11. The van der Waals surface area contributed by atoms with Crippen LogP contribution in [0.15, 0.2) is 25.3 Å². The largest absolute Gasteiger partial charge is 0.412 e. The topological polar surface area (TPSA) is 152 Å². The zero-order valence-corrected chi connectivity index (χ0v) is 26.9. The van der Waals surface area contributed by atoms with Gasteiger partial charge < -0.3 is 20.1 Å². The Morgan fingerprint density at radius 2 is 0.773 bits per heavy atom. The Balaban J connectivity index is 3.56. The van der Waals surface area contributed by atoms with Crippen LogP contribution in [0, 0.1) is 5.41 Å². The number of unbranched alkanes of at least 4 members (excludes halogenated alkanes) is 16. The predicted octanol–water partition coefficient (Wildman–Crippen LogP) is 6.76. The normalized spacial score (nSPS) is 10.5. The number of hydrogen-bond acceptors (Lipinski definition) is 8. The number of nitrogens with one attached hydrogen (secondary N) is 3. The molecule has 0 bridgehead atoms. The van der Waals surface area contributed by atoms with Crippen molar-refractivity contribution < 1.29 is 33.4 Å². The van der Waals surface area contributed by atoms with Gasteiger partial charge in [-0.05, 0) is 37.8 Å². The first-order valence-corrected chi connectivity index (χ1v) is 16.6. The van der Waals surface area contributed by atoms with Crippen LogP contribution in [0.4, 0.5) is 0 Å². The summed E-state index contributed by atoms with van der Waals surface area (Å²) in [4.78, 5) is 57.8. The molecule has 250 valence electrons. The fraction of sp³-hybridized carbons (Fsp3) is 0.706. The molecule has 0 unspecified atom stereocenters. The monoisotopic (exact) mass is 619 g/mol. The predicted molar refractivity (Wildman–Crippen MR) is 173 cm³/mol. The van der Waals surface area contributed by atoms with Gasteiger partial charge in [0.2, 0.25) is 11.8 Å². The Bertz CT molecular complexity index is 803. The SMILES string of the molecule is C=CC(=O)NCCCCCCCCCCCC(=O)OC(=N)CCC(=O)OC(=O)CCCCCCCCCCCNC(=O)C=C. The summed E-state index contributed by atoms with van der Waals surface area (Å²) in [7, 11) is 0. The van der Waals surface area contributed by atoms with Crippen molar-refractivity contribution in [2.24, 2.45) is 0 Å². The highest BCUT2D eigenvalue weighted by Gasteiger charge is 2.14. The van der Waals surface area contributed by atoms with E-state index in [1.807, 2.05) is 0 Å². The molecule has 2 amide bonds. The van der Waals surface area contributed by atoms with Gasteiger partial charge in [0.25, 0.3) is 0 Å². The van der Waals surface area contributed by atoms with E-state index < -0.39 is 17.9 Å². The fourth-order valence-corrected chi connectivity index (χ4v) is 4.52. The second-order valence-electron chi connectivity index (χ2n) is 11.1. The molecule has 3 N–H and O–H groups in total. The van der Waals surface area contributed by atoms with Gasteiger partial charge in [0.1, 0.15) is 0 Å². The van der Waals surface area contributed by atoms with Crippen LogP contribution in [0.2, 0.25) is 0 Å². The van der Waals surface area contributed by atoms with E-state index in [0.29, 0.717) is 25.9 Å². The highest BCUT2D eigenvalue weighted by atomic mass is 16.6. The van der Waals surface area contributed by atoms with Gasteiger partial charge in [0.15, 0.2) is 5.90 Å². The second kappa shape index (κ2) is 29.8. The standard InChI is InChI=1S/C34H57N3O7/c1-3-30(38)36-27-21-17-13-9-5-7-11-15-19-23-32(40)43-29(35)25-26-34(42)44-33(41)24-20-16-12-8-6-10-14-18-22-28-37-31(39)4-2/h3-4,35H,1-2,5-28H2,(H,36,38)(H,37,39). The molecule has 0 saturated carbocycles. The Labute approximate surface area is 264 Å². The van der Waals surface area contributed by atoms with Gasteiger partial charge in [-0.15, -0.1) is 0 Å². The van der Waals surface area contributed by atoms with Crippen molar-refractivity contribution in [3.63, 3.8) is 0 Å². The lowest BCUT2D eigenvalue weighted by molar-refractivity contribution is -0.159. The molecule has 0 aromatic carbocycles. The Morgan fingerprint density at radius 3 is 1.16 bits per heavy atom. The minimum atomic E-state index is -0.709. The molecule has 10 heteroatoms. The molecule has 0 aromatic heterocycles. The van der Waals surface area contributed by atoms with Crippen LogP contribution >= 0.6 is 0 Å². The van der Waals surface area contributed by atoms with E-state index in [9.17, 15) is 24.0 Å². The van der Waals surface area contributed by atoms with Crippen molar-refractivity contribution in [3.8, 4) is 0 Å². The van der Waals surface area contributed by atoms with E-state index in [4.69, 9.17) is 14.9 Å². The molecule has 0 atom stereocenters.